The van der Waals surface area contributed by atoms with E-state index in [4.69, 9.17) is 4.78 Å². The highest BCUT2D eigenvalue weighted by Crippen LogP contribution is 2.00. The Labute approximate surface area is 57.6 Å². The Bertz CT molecular complexity index is 158. The van der Waals surface area contributed by atoms with Crippen LogP contribution in [0.25, 0.3) is 0 Å². The molecule has 0 amide bonds. The van der Waals surface area contributed by atoms with E-state index in [0.29, 0.717) is 17.4 Å². The lowest BCUT2D eigenvalue weighted by Gasteiger charge is -2.05. The van der Waals surface area contributed by atoms with Gasteiger partial charge in [-0.1, -0.05) is 20.8 Å². The van der Waals surface area contributed by atoms with Gasteiger partial charge in [-0.3, -0.25) is 4.78 Å². The lowest BCUT2D eigenvalue weighted by Crippen LogP contribution is -2.11. The molecular weight excluding hydrogens is 134 g/mol. The summed E-state index contributed by atoms with van der Waals surface area (Å²) in [6.07, 6.45) is 0. The van der Waals surface area contributed by atoms with Gasteiger partial charge in [0.15, 0.2) is 0 Å². The van der Waals surface area contributed by atoms with Crippen molar-refractivity contribution in [3.63, 3.8) is 0 Å². The number of nitrogens with one attached hydrogen (secondary N) is 1. The zero-order valence-electron chi connectivity index (χ0n) is 6.31. The fourth-order valence-corrected chi connectivity index (χ4v) is 1.97. The molecule has 1 atom stereocenters. The molecule has 0 saturated heterocycles. The van der Waals surface area contributed by atoms with Crippen molar-refractivity contribution >= 4 is 9.73 Å². The molecule has 2 nitrogen and oxygen atoms in total. The molecule has 0 aromatic carbocycles. The van der Waals surface area contributed by atoms with Gasteiger partial charge in [0, 0.05) is 21.2 Å². The van der Waals surface area contributed by atoms with E-state index >= 15 is 0 Å². The van der Waals surface area contributed by atoms with Crippen LogP contribution >= 0.6 is 0 Å². The summed E-state index contributed by atoms with van der Waals surface area (Å²) in [6, 6.07) is 0. The van der Waals surface area contributed by atoms with E-state index in [-0.39, 0.29) is 0 Å². The smallest absolute Gasteiger partial charge is 0.0441 e. The monoisotopic (exact) mass is 149 g/mol. The van der Waals surface area contributed by atoms with Crippen LogP contribution in [-0.4, -0.2) is 15.7 Å². The fourth-order valence-electron chi connectivity index (χ4n) is 0.656. The molecule has 0 radical (unpaired) electrons. The van der Waals surface area contributed by atoms with E-state index in [0.717, 1.165) is 0 Å². The molecule has 0 aliphatic rings. The molecule has 0 aliphatic heterocycles. The maximum Gasteiger partial charge on any atom is 0.0441 e. The first-order valence-electron chi connectivity index (χ1n) is 3.22. The van der Waals surface area contributed by atoms with Crippen LogP contribution < -0.4 is 0 Å². The second-order valence-electron chi connectivity index (χ2n) is 2.66. The molecule has 0 aromatic rings. The summed E-state index contributed by atoms with van der Waals surface area (Å²) in [6.45, 7) is 5.78. The van der Waals surface area contributed by atoms with Gasteiger partial charge in [-0.25, -0.2) is 4.21 Å². The Balaban J connectivity index is 3.90. The molecule has 1 N–H and O–H groups in total. The van der Waals surface area contributed by atoms with Crippen LogP contribution in [-0.2, 0) is 9.73 Å². The highest BCUT2D eigenvalue weighted by Gasteiger charge is 2.04. The SMILES string of the molecule is CCS(=N)(=O)CC(C)C. The lowest BCUT2D eigenvalue weighted by atomic mass is 10.3. The van der Waals surface area contributed by atoms with Crippen LogP contribution in [0.5, 0.6) is 0 Å². The summed E-state index contributed by atoms with van der Waals surface area (Å²) < 4.78 is 18.3. The van der Waals surface area contributed by atoms with Crippen molar-refractivity contribution in [2.45, 2.75) is 20.8 Å². The highest BCUT2D eigenvalue weighted by molar-refractivity contribution is 7.92. The summed E-state index contributed by atoms with van der Waals surface area (Å²) in [5.41, 5.74) is 0. The molecule has 0 rings (SSSR count). The van der Waals surface area contributed by atoms with Crippen molar-refractivity contribution in [3.8, 4) is 0 Å². The van der Waals surface area contributed by atoms with Crippen LogP contribution in [0.1, 0.15) is 20.8 Å². The van der Waals surface area contributed by atoms with Gasteiger partial charge in [0.05, 0.1) is 0 Å². The van der Waals surface area contributed by atoms with E-state index < -0.39 is 9.73 Å². The first kappa shape index (κ1) is 8.95. The summed E-state index contributed by atoms with van der Waals surface area (Å²) in [4.78, 5) is 0. The summed E-state index contributed by atoms with van der Waals surface area (Å²) in [5, 5.41) is 0. The Morgan fingerprint density at radius 2 is 2.00 bits per heavy atom. The summed E-state index contributed by atoms with van der Waals surface area (Å²) >= 11 is 0. The molecule has 0 fully saturated rings. The first-order chi connectivity index (χ1) is 3.98. The van der Waals surface area contributed by atoms with Crippen molar-refractivity contribution in [1.29, 1.82) is 4.78 Å². The molecule has 0 bridgehead atoms. The van der Waals surface area contributed by atoms with Crippen molar-refractivity contribution in [1.82, 2.24) is 0 Å². The minimum Gasteiger partial charge on any atom is -0.253 e. The van der Waals surface area contributed by atoms with Crippen molar-refractivity contribution in [3.05, 3.63) is 0 Å². The Morgan fingerprint density at radius 3 is 2.11 bits per heavy atom. The molecule has 0 aromatic heterocycles. The minimum atomic E-state index is -2.22. The average molecular weight is 149 g/mol. The zero-order chi connectivity index (χ0) is 7.49. The molecule has 0 heterocycles. The Kier molecular flexibility index (Phi) is 3.18. The molecule has 0 saturated carbocycles. The van der Waals surface area contributed by atoms with E-state index in [1.165, 1.54) is 0 Å². The second-order valence-corrected chi connectivity index (χ2v) is 5.20. The van der Waals surface area contributed by atoms with Crippen LogP contribution in [0.3, 0.4) is 0 Å². The fraction of sp³-hybridized carbons (Fsp3) is 1.00. The second kappa shape index (κ2) is 3.20. The lowest BCUT2D eigenvalue weighted by molar-refractivity contribution is 0.656. The molecular formula is C6H15NOS. The van der Waals surface area contributed by atoms with Crippen LogP contribution in [0.2, 0.25) is 0 Å². The average Bonchev–Trinajstić information content (AvgIpc) is 1.63. The van der Waals surface area contributed by atoms with Crippen LogP contribution in [0, 0.1) is 10.7 Å². The van der Waals surface area contributed by atoms with E-state index in [2.05, 4.69) is 0 Å². The van der Waals surface area contributed by atoms with Crippen molar-refractivity contribution in [2.24, 2.45) is 5.92 Å². The molecule has 0 spiro atoms. The quantitative estimate of drug-likeness (QED) is 0.652. The molecule has 56 valence electrons. The van der Waals surface area contributed by atoms with Crippen LogP contribution in [0.4, 0.5) is 0 Å². The van der Waals surface area contributed by atoms with Crippen molar-refractivity contribution < 1.29 is 4.21 Å². The van der Waals surface area contributed by atoms with Gasteiger partial charge >= 0.3 is 0 Å². The van der Waals surface area contributed by atoms with Gasteiger partial charge in [-0.2, -0.15) is 0 Å². The Morgan fingerprint density at radius 1 is 1.56 bits per heavy atom. The highest BCUT2D eigenvalue weighted by atomic mass is 32.2. The number of rotatable bonds is 3. The first-order valence-corrected chi connectivity index (χ1v) is 5.11. The maximum absolute atomic E-state index is 11.0. The predicted molar refractivity (Wildman–Crippen MR) is 41.1 cm³/mol. The number of hydrogen-bond donors (Lipinski definition) is 1. The summed E-state index contributed by atoms with van der Waals surface area (Å²) in [5.74, 6) is 1.42. The van der Waals surface area contributed by atoms with Gasteiger partial charge in [-0.15, -0.1) is 0 Å². The standard InChI is InChI=1S/C6H15NOS/c1-4-9(7,8)5-6(2)3/h6-7H,4-5H2,1-3H3. The van der Waals surface area contributed by atoms with Crippen molar-refractivity contribution in [2.75, 3.05) is 11.5 Å². The van der Waals surface area contributed by atoms with E-state index in [1.807, 2.05) is 13.8 Å². The van der Waals surface area contributed by atoms with Gasteiger partial charge < -0.3 is 0 Å². The molecule has 3 heteroatoms. The Hall–Kier alpha value is -0.0500. The van der Waals surface area contributed by atoms with Gasteiger partial charge in [0.2, 0.25) is 0 Å². The minimum absolute atomic E-state index is 0.384. The third-order valence-corrected chi connectivity index (χ3v) is 3.21. The predicted octanol–water partition coefficient (Wildman–Crippen LogP) is 1.71. The van der Waals surface area contributed by atoms with Gasteiger partial charge in [0.1, 0.15) is 0 Å². The van der Waals surface area contributed by atoms with Crippen LogP contribution in [0.15, 0.2) is 0 Å². The summed E-state index contributed by atoms with van der Waals surface area (Å²) in [7, 11) is -2.22. The van der Waals surface area contributed by atoms with Gasteiger partial charge in [0.25, 0.3) is 0 Å². The molecule has 0 aliphatic carbocycles. The van der Waals surface area contributed by atoms with E-state index in [9.17, 15) is 4.21 Å². The number of hydrogen-bond acceptors (Lipinski definition) is 2. The topological polar surface area (TPSA) is 40.9 Å². The maximum atomic E-state index is 11.0. The molecule has 9 heavy (non-hydrogen) atoms. The third kappa shape index (κ3) is 4.45. The normalized spacial score (nSPS) is 17.8. The largest absolute Gasteiger partial charge is 0.253 e. The van der Waals surface area contributed by atoms with E-state index in [1.54, 1.807) is 6.92 Å². The molecule has 1 unspecified atom stereocenters. The zero-order valence-corrected chi connectivity index (χ0v) is 7.12. The third-order valence-electron chi connectivity index (χ3n) is 1.07. The van der Waals surface area contributed by atoms with Gasteiger partial charge in [-0.05, 0) is 5.92 Å².